The van der Waals surface area contributed by atoms with E-state index in [-0.39, 0.29) is 12.0 Å². The molecule has 1 amide bonds. The molecule has 3 N–H and O–H groups in total. The molecule has 1 aromatic carbocycles. The second-order valence-corrected chi connectivity index (χ2v) is 8.00. The molecule has 1 aromatic heterocycles. The number of rotatable bonds is 7. The van der Waals surface area contributed by atoms with Crippen molar-refractivity contribution in [2.75, 3.05) is 32.1 Å². The molecule has 1 aliphatic rings. The molecular formula is C24H33N5O2. The third kappa shape index (κ3) is 7.07. The molecule has 31 heavy (non-hydrogen) atoms. The summed E-state index contributed by atoms with van der Waals surface area (Å²) in [5.41, 5.74) is 3.53. The van der Waals surface area contributed by atoms with Crippen LogP contribution in [0.4, 0.5) is 5.82 Å². The van der Waals surface area contributed by atoms with Gasteiger partial charge in [0, 0.05) is 45.3 Å². The molecule has 1 fully saturated rings. The molecule has 166 valence electrons. The zero-order chi connectivity index (χ0) is 22.1. The quantitative estimate of drug-likeness (QED) is 0.470. The highest BCUT2D eigenvalue weighted by atomic mass is 16.5. The van der Waals surface area contributed by atoms with Crippen LogP contribution in [0.2, 0.25) is 0 Å². The lowest BCUT2D eigenvalue weighted by Gasteiger charge is -2.32. The molecule has 7 heteroatoms. The van der Waals surface area contributed by atoms with Gasteiger partial charge in [0.1, 0.15) is 5.82 Å². The third-order valence-corrected chi connectivity index (χ3v) is 5.43. The van der Waals surface area contributed by atoms with Crippen molar-refractivity contribution in [1.82, 2.24) is 15.6 Å². The summed E-state index contributed by atoms with van der Waals surface area (Å²) >= 11 is 0. The Hall–Kier alpha value is -2.93. The predicted octanol–water partition coefficient (Wildman–Crippen LogP) is 3.36. The average Bonchev–Trinajstić information content (AvgIpc) is 2.78. The van der Waals surface area contributed by atoms with Crippen LogP contribution in [-0.4, -0.2) is 43.6 Å². The van der Waals surface area contributed by atoms with Gasteiger partial charge in [-0.3, -0.25) is 9.79 Å². The Morgan fingerprint density at radius 3 is 2.61 bits per heavy atom. The van der Waals surface area contributed by atoms with E-state index in [0.717, 1.165) is 31.6 Å². The van der Waals surface area contributed by atoms with E-state index in [1.54, 1.807) is 19.3 Å². The Balaban J connectivity index is 1.44. The van der Waals surface area contributed by atoms with E-state index < -0.39 is 0 Å². The number of aromatic nitrogens is 1. The number of guanidine groups is 1. The number of hydrogen-bond acceptors (Lipinski definition) is 4. The third-order valence-electron chi connectivity index (χ3n) is 5.43. The number of benzene rings is 1. The number of nitrogens with zero attached hydrogens (tertiary/aromatic N) is 2. The molecule has 3 rings (SSSR count). The van der Waals surface area contributed by atoms with Crippen LogP contribution < -0.4 is 16.0 Å². The van der Waals surface area contributed by atoms with Crippen LogP contribution >= 0.6 is 0 Å². The molecule has 1 aliphatic heterocycles. The van der Waals surface area contributed by atoms with Gasteiger partial charge in [-0.15, -0.1) is 0 Å². The van der Waals surface area contributed by atoms with Crippen LogP contribution in [0.1, 0.15) is 42.1 Å². The Morgan fingerprint density at radius 2 is 1.90 bits per heavy atom. The minimum Gasteiger partial charge on any atom is -0.373 e. The Labute approximate surface area is 184 Å². The van der Waals surface area contributed by atoms with Crippen molar-refractivity contribution >= 4 is 17.7 Å². The molecule has 7 nitrogen and oxygen atoms in total. The van der Waals surface area contributed by atoms with Crippen molar-refractivity contribution in [2.24, 2.45) is 10.9 Å². The molecule has 2 unspecified atom stereocenters. The summed E-state index contributed by atoms with van der Waals surface area (Å²) in [6.07, 6.45) is 4.32. The van der Waals surface area contributed by atoms with Crippen molar-refractivity contribution < 1.29 is 9.53 Å². The summed E-state index contributed by atoms with van der Waals surface area (Å²) in [6, 6.07) is 12.3. The standard InChI is InChI=1S/C24H33N5O2/c1-17-6-9-19(10-7-17)23-20(5-4-14-31-23)16-28-24(25-3)26-13-12-22(30)29-21-11-8-18(2)15-27-21/h6-11,15,20,23H,4-5,12-14,16H2,1-3H3,(H2,25,26,28)(H,27,29,30). The maximum Gasteiger partial charge on any atom is 0.227 e. The number of hydrogen-bond donors (Lipinski definition) is 3. The maximum absolute atomic E-state index is 12.1. The smallest absolute Gasteiger partial charge is 0.227 e. The first-order valence-corrected chi connectivity index (χ1v) is 10.9. The topological polar surface area (TPSA) is 87.6 Å². The largest absolute Gasteiger partial charge is 0.373 e. The van der Waals surface area contributed by atoms with E-state index in [1.165, 1.54) is 11.1 Å². The molecule has 2 aromatic rings. The molecule has 0 saturated carbocycles. The fraction of sp³-hybridized carbons (Fsp3) is 0.458. The summed E-state index contributed by atoms with van der Waals surface area (Å²) in [4.78, 5) is 20.6. The molecule has 0 aliphatic carbocycles. The van der Waals surface area contributed by atoms with E-state index in [2.05, 4.69) is 57.1 Å². The second-order valence-electron chi connectivity index (χ2n) is 8.00. The first-order chi connectivity index (χ1) is 15.0. The van der Waals surface area contributed by atoms with Gasteiger partial charge in [-0.05, 0) is 43.9 Å². The van der Waals surface area contributed by atoms with Gasteiger partial charge < -0.3 is 20.7 Å². The number of anilines is 1. The lowest BCUT2D eigenvalue weighted by Crippen LogP contribution is -2.42. The minimum atomic E-state index is -0.0839. The molecule has 0 spiro atoms. The number of carbonyl (C=O) groups excluding carboxylic acids is 1. The fourth-order valence-electron chi connectivity index (χ4n) is 3.67. The van der Waals surface area contributed by atoms with Gasteiger partial charge in [0.25, 0.3) is 0 Å². The number of aryl methyl sites for hydroxylation is 2. The maximum atomic E-state index is 12.1. The summed E-state index contributed by atoms with van der Waals surface area (Å²) in [6.45, 7) is 6.10. The van der Waals surface area contributed by atoms with Crippen molar-refractivity contribution in [3.8, 4) is 0 Å². The zero-order valence-electron chi connectivity index (χ0n) is 18.6. The highest BCUT2D eigenvalue weighted by molar-refractivity contribution is 5.90. The normalized spacial score (nSPS) is 19.0. The summed E-state index contributed by atoms with van der Waals surface area (Å²) in [5.74, 6) is 1.54. The van der Waals surface area contributed by atoms with Crippen LogP contribution in [0.25, 0.3) is 0 Å². The molecular weight excluding hydrogens is 390 g/mol. The Kier molecular flexibility index (Phi) is 8.41. The van der Waals surface area contributed by atoms with Crippen LogP contribution in [0, 0.1) is 19.8 Å². The summed E-state index contributed by atoms with van der Waals surface area (Å²) in [7, 11) is 1.74. The Morgan fingerprint density at radius 1 is 1.13 bits per heavy atom. The monoisotopic (exact) mass is 423 g/mol. The van der Waals surface area contributed by atoms with Crippen molar-refractivity contribution in [2.45, 2.75) is 39.2 Å². The first-order valence-electron chi connectivity index (χ1n) is 10.9. The van der Waals surface area contributed by atoms with Gasteiger partial charge >= 0.3 is 0 Å². The van der Waals surface area contributed by atoms with E-state index >= 15 is 0 Å². The minimum absolute atomic E-state index is 0.0839. The van der Waals surface area contributed by atoms with E-state index in [9.17, 15) is 4.79 Å². The summed E-state index contributed by atoms with van der Waals surface area (Å²) in [5, 5.41) is 9.41. The molecule has 1 saturated heterocycles. The van der Waals surface area contributed by atoms with Gasteiger partial charge in [0.05, 0.1) is 6.10 Å². The lowest BCUT2D eigenvalue weighted by atomic mass is 9.89. The van der Waals surface area contributed by atoms with Crippen LogP contribution in [0.3, 0.4) is 0 Å². The van der Waals surface area contributed by atoms with Gasteiger partial charge in [-0.1, -0.05) is 35.9 Å². The lowest BCUT2D eigenvalue weighted by molar-refractivity contribution is -0.116. The number of pyridine rings is 1. The SMILES string of the molecule is CN=C(NCCC(=O)Nc1ccc(C)cn1)NCC1CCCOC1c1ccc(C)cc1. The Bertz CT molecular complexity index is 865. The molecule has 2 heterocycles. The highest BCUT2D eigenvalue weighted by Gasteiger charge is 2.27. The highest BCUT2D eigenvalue weighted by Crippen LogP contribution is 2.33. The van der Waals surface area contributed by atoms with Gasteiger partial charge in [0.15, 0.2) is 5.96 Å². The first kappa shape index (κ1) is 22.7. The van der Waals surface area contributed by atoms with Gasteiger partial charge in [-0.2, -0.15) is 0 Å². The van der Waals surface area contributed by atoms with Crippen LogP contribution in [0.5, 0.6) is 0 Å². The molecule has 2 atom stereocenters. The van der Waals surface area contributed by atoms with Crippen molar-refractivity contribution in [3.05, 3.63) is 59.3 Å². The number of aliphatic imine (C=N–C) groups is 1. The zero-order valence-corrected chi connectivity index (χ0v) is 18.6. The van der Waals surface area contributed by atoms with E-state index in [1.807, 2.05) is 13.0 Å². The van der Waals surface area contributed by atoms with Crippen LogP contribution in [-0.2, 0) is 9.53 Å². The van der Waals surface area contributed by atoms with Crippen molar-refractivity contribution in [3.63, 3.8) is 0 Å². The summed E-state index contributed by atoms with van der Waals surface area (Å²) < 4.78 is 6.10. The van der Waals surface area contributed by atoms with Gasteiger partial charge in [-0.25, -0.2) is 4.98 Å². The predicted molar refractivity (Wildman–Crippen MR) is 124 cm³/mol. The van der Waals surface area contributed by atoms with E-state index in [4.69, 9.17) is 4.74 Å². The number of carbonyl (C=O) groups is 1. The molecule has 0 radical (unpaired) electrons. The number of nitrogens with one attached hydrogen (secondary N) is 3. The second kappa shape index (κ2) is 11.5. The van der Waals surface area contributed by atoms with Crippen molar-refractivity contribution in [1.29, 1.82) is 0 Å². The number of amides is 1. The average molecular weight is 424 g/mol. The van der Waals surface area contributed by atoms with Crippen LogP contribution in [0.15, 0.2) is 47.6 Å². The van der Waals surface area contributed by atoms with E-state index in [0.29, 0.717) is 30.7 Å². The molecule has 0 bridgehead atoms. The van der Waals surface area contributed by atoms with Gasteiger partial charge in [0.2, 0.25) is 5.91 Å². The number of ether oxygens (including phenoxy) is 1. The fourth-order valence-corrected chi connectivity index (χ4v) is 3.67.